The Kier molecular flexibility index (Phi) is 4.59. The number of aromatic nitrogens is 1. The number of pyridine rings is 1. The minimum Gasteiger partial charge on any atom is -0.384 e. The number of aliphatic hydroxyl groups is 1. The number of thiophene rings is 1. The summed E-state index contributed by atoms with van der Waals surface area (Å²) < 4.78 is 0. The Hall–Kier alpha value is -1.92. The number of nitrogens with zero attached hydrogens (tertiary/aromatic N) is 2. The second-order valence-corrected chi connectivity index (χ2v) is 6.02. The number of carbonyl (C=O) groups is 1. The molecule has 0 bridgehead atoms. The van der Waals surface area contributed by atoms with Gasteiger partial charge in [-0.1, -0.05) is 0 Å². The summed E-state index contributed by atoms with van der Waals surface area (Å²) in [6, 6.07) is 5.29. The molecule has 0 saturated carbocycles. The average molecular weight is 305 g/mol. The molecule has 2 aromatic heterocycles. The van der Waals surface area contributed by atoms with Crippen molar-refractivity contribution in [2.75, 3.05) is 25.5 Å². The molecule has 6 heteroatoms. The molecule has 1 unspecified atom stereocenters. The van der Waals surface area contributed by atoms with Crippen LogP contribution in [0.1, 0.15) is 22.8 Å². The maximum Gasteiger partial charge on any atom is 0.255 e. The van der Waals surface area contributed by atoms with Crippen LogP contribution in [0.3, 0.4) is 0 Å². The van der Waals surface area contributed by atoms with E-state index in [2.05, 4.69) is 10.3 Å². The summed E-state index contributed by atoms with van der Waals surface area (Å²) in [5, 5.41) is 17.0. The Labute approximate surface area is 128 Å². The Morgan fingerprint density at radius 3 is 2.86 bits per heavy atom. The lowest BCUT2D eigenvalue weighted by molar-refractivity contribution is 0.0530. The van der Waals surface area contributed by atoms with E-state index < -0.39 is 5.60 Å². The molecule has 0 aliphatic heterocycles. The van der Waals surface area contributed by atoms with Crippen molar-refractivity contribution in [3.05, 3.63) is 46.3 Å². The lowest BCUT2D eigenvalue weighted by Crippen LogP contribution is -2.38. The number of nitrogens with one attached hydrogen (secondary N) is 1. The van der Waals surface area contributed by atoms with Crippen molar-refractivity contribution in [1.29, 1.82) is 0 Å². The fraction of sp³-hybridized carbons (Fsp3) is 0.333. The SMILES string of the molecule is CN(C)c1ncccc1C(=O)NCC(C)(O)c1ccsc1. The summed E-state index contributed by atoms with van der Waals surface area (Å²) in [6.45, 7) is 1.83. The first-order valence-corrected chi connectivity index (χ1v) is 7.51. The maximum atomic E-state index is 12.3. The van der Waals surface area contributed by atoms with Crippen LogP contribution >= 0.6 is 11.3 Å². The maximum absolute atomic E-state index is 12.3. The highest BCUT2D eigenvalue weighted by Gasteiger charge is 2.25. The van der Waals surface area contributed by atoms with Crippen LogP contribution in [0.4, 0.5) is 5.82 Å². The first kappa shape index (κ1) is 15.5. The number of hydrogen-bond acceptors (Lipinski definition) is 5. The van der Waals surface area contributed by atoms with Crippen LogP contribution in [0.2, 0.25) is 0 Å². The molecule has 0 aliphatic rings. The molecule has 2 rings (SSSR count). The fourth-order valence-corrected chi connectivity index (χ4v) is 2.73. The van der Waals surface area contributed by atoms with Gasteiger partial charge >= 0.3 is 0 Å². The fourth-order valence-electron chi connectivity index (χ4n) is 1.95. The predicted octanol–water partition coefficient (Wildman–Crippen LogP) is 1.85. The largest absolute Gasteiger partial charge is 0.384 e. The van der Waals surface area contributed by atoms with Gasteiger partial charge in [0, 0.05) is 20.3 Å². The van der Waals surface area contributed by atoms with Gasteiger partial charge in [0.05, 0.1) is 12.1 Å². The minimum atomic E-state index is -1.09. The van der Waals surface area contributed by atoms with E-state index in [9.17, 15) is 9.90 Å². The Bertz CT molecular complexity index is 609. The zero-order chi connectivity index (χ0) is 15.5. The minimum absolute atomic E-state index is 0.143. The smallest absolute Gasteiger partial charge is 0.255 e. The molecule has 2 aromatic rings. The number of carbonyl (C=O) groups excluding carboxylic acids is 1. The summed E-state index contributed by atoms with van der Waals surface area (Å²) in [7, 11) is 3.67. The first-order valence-electron chi connectivity index (χ1n) is 6.57. The predicted molar refractivity (Wildman–Crippen MR) is 84.8 cm³/mol. The molecular formula is C15H19N3O2S. The second kappa shape index (κ2) is 6.24. The quantitative estimate of drug-likeness (QED) is 0.885. The van der Waals surface area contributed by atoms with Crippen molar-refractivity contribution in [3.63, 3.8) is 0 Å². The highest BCUT2D eigenvalue weighted by atomic mass is 32.1. The van der Waals surface area contributed by atoms with Crippen LogP contribution in [-0.4, -0.2) is 36.6 Å². The van der Waals surface area contributed by atoms with Gasteiger partial charge in [-0.05, 0) is 41.4 Å². The van der Waals surface area contributed by atoms with Crippen LogP contribution in [-0.2, 0) is 5.60 Å². The van der Waals surface area contributed by atoms with Crippen molar-refractivity contribution in [3.8, 4) is 0 Å². The normalized spacial score (nSPS) is 13.5. The molecule has 2 heterocycles. The zero-order valence-electron chi connectivity index (χ0n) is 12.3. The third-order valence-electron chi connectivity index (χ3n) is 3.19. The van der Waals surface area contributed by atoms with Gasteiger partial charge in [0.25, 0.3) is 5.91 Å². The van der Waals surface area contributed by atoms with Gasteiger partial charge < -0.3 is 15.3 Å². The van der Waals surface area contributed by atoms with Gasteiger partial charge in [-0.15, -0.1) is 0 Å². The van der Waals surface area contributed by atoms with Gasteiger partial charge in [0.15, 0.2) is 0 Å². The van der Waals surface area contributed by atoms with Crippen molar-refractivity contribution in [2.45, 2.75) is 12.5 Å². The van der Waals surface area contributed by atoms with Crippen molar-refractivity contribution in [2.24, 2.45) is 0 Å². The molecule has 0 fully saturated rings. The summed E-state index contributed by atoms with van der Waals surface area (Å²) in [5.74, 6) is 0.354. The van der Waals surface area contributed by atoms with E-state index in [1.165, 1.54) is 11.3 Å². The van der Waals surface area contributed by atoms with Gasteiger partial charge in [-0.3, -0.25) is 4.79 Å². The summed E-state index contributed by atoms with van der Waals surface area (Å²) >= 11 is 1.51. The van der Waals surface area contributed by atoms with E-state index in [0.29, 0.717) is 11.4 Å². The third-order valence-corrected chi connectivity index (χ3v) is 3.87. The van der Waals surface area contributed by atoms with Crippen LogP contribution in [0.25, 0.3) is 0 Å². The molecule has 0 radical (unpaired) electrons. The average Bonchev–Trinajstić information content (AvgIpc) is 3.00. The van der Waals surface area contributed by atoms with Gasteiger partial charge in [0.2, 0.25) is 0 Å². The lowest BCUT2D eigenvalue weighted by atomic mass is 9.99. The van der Waals surface area contributed by atoms with Gasteiger partial charge in [0.1, 0.15) is 11.4 Å². The van der Waals surface area contributed by atoms with Gasteiger partial charge in [-0.2, -0.15) is 11.3 Å². The Balaban J connectivity index is 2.09. The molecule has 0 spiro atoms. The molecule has 0 aliphatic carbocycles. The zero-order valence-corrected chi connectivity index (χ0v) is 13.1. The topological polar surface area (TPSA) is 65.5 Å². The highest BCUT2D eigenvalue weighted by molar-refractivity contribution is 7.08. The second-order valence-electron chi connectivity index (χ2n) is 5.24. The molecular weight excluding hydrogens is 286 g/mol. The summed E-state index contributed by atoms with van der Waals surface area (Å²) in [5.41, 5.74) is 0.200. The van der Waals surface area contributed by atoms with E-state index in [4.69, 9.17) is 0 Å². The van der Waals surface area contributed by atoms with Crippen molar-refractivity contribution in [1.82, 2.24) is 10.3 Å². The Morgan fingerprint density at radius 2 is 2.24 bits per heavy atom. The number of amides is 1. The molecule has 1 amide bonds. The van der Waals surface area contributed by atoms with E-state index in [0.717, 1.165) is 5.56 Å². The monoisotopic (exact) mass is 305 g/mol. The van der Waals surface area contributed by atoms with E-state index in [1.807, 2.05) is 30.9 Å². The molecule has 0 aromatic carbocycles. The number of anilines is 1. The van der Waals surface area contributed by atoms with Crippen LogP contribution < -0.4 is 10.2 Å². The molecule has 5 nitrogen and oxygen atoms in total. The first-order chi connectivity index (χ1) is 9.92. The number of rotatable bonds is 5. The molecule has 2 N–H and O–H groups in total. The molecule has 112 valence electrons. The van der Waals surface area contributed by atoms with Crippen molar-refractivity contribution < 1.29 is 9.90 Å². The summed E-state index contributed by atoms with van der Waals surface area (Å²) in [4.78, 5) is 18.3. The Morgan fingerprint density at radius 1 is 1.48 bits per heavy atom. The van der Waals surface area contributed by atoms with Gasteiger partial charge in [-0.25, -0.2) is 4.98 Å². The van der Waals surface area contributed by atoms with Crippen LogP contribution in [0.15, 0.2) is 35.2 Å². The van der Waals surface area contributed by atoms with Crippen molar-refractivity contribution >= 4 is 23.1 Å². The lowest BCUT2D eigenvalue weighted by Gasteiger charge is -2.23. The molecule has 1 atom stereocenters. The standard InChI is InChI=1S/C15H19N3O2S/c1-15(20,11-6-8-21-9-11)10-17-14(19)12-5-4-7-16-13(12)18(2)3/h4-9,20H,10H2,1-3H3,(H,17,19). The highest BCUT2D eigenvalue weighted by Crippen LogP contribution is 2.22. The van der Waals surface area contributed by atoms with Crippen LogP contribution in [0, 0.1) is 0 Å². The summed E-state index contributed by atoms with van der Waals surface area (Å²) in [6.07, 6.45) is 1.65. The van der Waals surface area contributed by atoms with Crippen LogP contribution in [0.5, 0.6) is 0 Å². The molecule has 21 heavy (non-hydrogen) atoms. The molecule has 0 saturated heterocycles. The van der Waals surface area contributed by atoms with E-state index >= 15 is 0 Å². The van der Waals surface area contributed by atoms with E-state index in [1.54, 1.807) is 30.2 Å². The third kappa shape index (κ3) is 3.59. The van der Waals surface area contributed by atoms with E-state index in [-0.39, 0.29) is 12.5 Å². The number of hydrogen-bond donors (Lipinski definition) is 2.